The molecule has 0 saturated heterocycles. The highest BCUT2D eigenvalue weighted by molar-refractivity contribution is 5.34. The lowest BCUT2D eigenvalue weighted by Gasteiger charge is -2.12. The van der Waals surface area contributed by atoms with E-state index < -0.39 is 0 Å². The van der Waals surface area contributed by atoms with Crippen LogP contribution in [0.2, 0.25) is 0 Å². The summed E-state index contributed by atoms with van der Waals surface area (Å²) < 4.78 is 0. The number of hydrogen-bond donors (Lipinski definition) is 1. The van der Waals surface area contributed by atoms with E-state index in [4.69, 9.17) is 5.11 Å². The van der Waals surface area contributed by atoms with Gasteiger partial charge in [-0.3, -0.25) is 0 Å². The molecule has 0 amide bonds. The molecule has 0 fully saturated rings. The predicted octanol–water partition coefficient (Wildman–Crippen LogP) is 4.72. The third kappa shape index (κ3) is 6.87. The number of allylic oxidation sites excluding steroid dienone is 4. The van der Waals surface area contributed by atoms with Crippen molar-refractivity contribution >= 4 is 0 Å². The molecule has 0 aliphatic heterocycles. The first-order valence-corrected chi connectivity index (χ1v) is 6.24. The van der Waals surface area contributed by atoms with Gasteiger partial charge in [0.05, 0.1) is 0 Å². The molecule has 1 aromatic carbocycles. The minimum Gasteiger partial charge on any atom is -0.400 e. The van der Waals surface area contributed by atoms with Crippen LogP contribution in [0.3, 0.4) is 0 Å². The summed E-state index contributed by atoms with van der Waals surface area (Å²) >= 11 is 0. The SMILES string of the molecule is C=C/C=C(\C=C)C(C)c1ccccc1.CC.CO. The van der Waals surface area contributed by atoms with Crippen LogP contribution in [0.15, 0.2) is 67.3 Å². The minimum absolute atomic E-state index is 0.381. The van der Waals surface area contributed by atoms with E-state index in [2.05, 4.69) is 44.3 Å². The molecule has 0 aliphatic rings. The fourth-order valence-corrected chi connectivity index (χ4v) is 1.46. The molecule has 100 valence electrons. The van der Waals surface area contributed by atoms with Gasteiger partial charge in [-0.1, -0.05) is 82.5 Å². The van der Waals surface area contributed by atoms with Gasteiger partial charge >= 0.3 is 0 Å². The van der Waals surface area contributed by atoms with Gasteiger partial charge in [-0.05, 0) is 11.1 Å². The molecule has 0 radical (unpaired) electrons. The molecule has 1 heteroatoms. The van der Waals surface area contributed by atoms with Gasteiger partial charge in [-0.15, -0.1) is 0 Å². The molecule has 1 N–H and O–H groups in total. The van der Waals surface area contributed by atoms with E-state index in [1.54, 1.807) is 6.08 Å². The van der Waals surface area contributed by atoms with Crippen LogP contribution in [0.5, 0.6) is 0 Å². The molecule has 0 saturated carbocycles. The van der Waals surface area contributed by atoms with Gasteiger partial charge in [-0.25, -0.2) is 0 Å². The van der Waals surface area contributed by atoms with E-state index in [-0.39, 0.29) is 0 Å². The van der Waals surface area contributed by atoms with Gasteiger partial charge in [0, 0.05) is 13.0 Å². The summed E-state index contributed by atoms with van der Waals surface area (Å²) in [5, 5.41) is 7.00. The van der Waals surface area contributed by atoms with Crippen molar-refractivity contribution in [2.45, 2.75) is 26.7 Å². The maximum atomic E-state index is 7.00. The van der Waals surface area contributed by atoms with Crippen molar-refractivity contribution in [3.63, 3.8) is 0 Å². The molecule has 0 aromatic heterocycles. The van der Waals surface area contributed by atoms with Crippen LogP contribution in [-0.2, 0) is 0 Å². The summed E-state index contributed by atoms with van der Waals surface area (Å²) in [7, 11) is 1.00. The van der Waals surface area contributed by atoms with Crippen LogP contribution in [0.4, 0.5) is 0 Å². The Labute approximate surface area is 112 Å². The van der Waals surface area contributed by atoms with Crippen molar-refractivity contribution in [3.8, 4) is 0 Å². The molecule has 18 heavy (non-hydrogen) atoms. The number of benzene rings is 1. The Kier molecular flexibility index (Phi) is 14.0. The van der Waals surface area contributed by atoms with E-state index in [0.717, 1.165) is 7.11 Å². The molecule has 1 unspecified atom stereocenters. The maximum absolute atomic E-state index is 7.00. The zero-order chi connectivity index (χ0) is 14.4. The van der Waals surface area contributed by atoms with Crippen LogP contribution >= 0.6 is 0 Å². The van der Waals surface area contributed by atoms with Gasteiger partial charge in [0.15, 0.2) is 0 Å². The summed E-state index contributed by atoms with van der Waals surface area (Å²) in [5.41, 5.74) is 2.51. The Morgan fingerprint density at radius 3 is 2.00 bits per heavy atom. The van der Waals surface area contributed by atoms with Crippen molar-refractivity contribution in [2.24, 2.45) is 0 Å². The first-order valence-electron chi connectivity index (χ1n) is 6.24. The zero-order valence-corrected chi connectivity index (χ0v) is 12.1. The normalized spacial score (nSPS) is 11.1. The maximum Gasteiger partial charge on any atom is 0.0319 e. The Morgan fingerprint density at radius 2 is 1.61 bits per heavy atom. The quantitative estimate of drug-likeness (QED) is 0.762. The lowest BCUT2D eigenvalue weighted by Crippen LogP contribution is -1.95. The minimum atomic E-state index is 0.381. The second-order valence-corrected chi connectivity index (χ2v) is 3.24. The molecule has 0 aliphatic carbocycles. The van der Waals surface area contributed by atoms with Crippen LogP contribution < -0.4 is 0 Å². The Bertz CT molecular complexity index is 336. The van der Waals surface area contributed by atoms with E-state index in [9.17, 15) is 0 Å². The molecular formula is C17H26O. The fraction of sp³-hybridized carbons (Fsp3) is 0.294. The third-order valence-electron chi connectivity index (χ3n) is 2.35. The summed E-state index contributed by atoms with van der Waals surface area (Å²) in [6.07, 6.45) is 5.69. The molecule has 0 bridgehead atoms. The topological polar surface area (TPSA) is 20.2 Å². The highest BCUT2D eigenvalue weighted by Gasteiger charge is 2.06. The number of rotatable bonds is 4. The summed E-state index contributed by atoms with van der Waals surface area (Å²) in [6.45, 7) is 13.7. The van der Waals surface area contributed by atoms with Gasteiger partial charge in [0.2, 0.25) is 0 Å². The number of hydrogen-bond acceptors (Lipinski definition) is 1. The van der Waals surface area contributed by atoms with E-state index in [1.807, 2.05) is 32.1 Å². The van der Waals surface area contributed by atoms with Crippen molar-refractivity contribution < 1.29 is 5.11 Å². The van der Waals surface area contributed by atoms with E-state index in [1.165, 1.54) is 11.1 Å². The summed E-state index contributed by atoms with van der Waals surface area (Å²) in [4.78, 5) is 0. The highest BCUT2D eigenvalue weighted by atomic mass is 16.2. The molecule has 1 rings (SSSR count). The second kappa shape index (κ2) is 13.5. The monoisotopic (exact) mass is 246 g/mol. The van der Waals surface area contributed by atoms with Gasteiger partial charge < -0.3 is 5.11 Å². The molecule has 1 aromatic rings. The second-order valence-electron chi connectivity index (χ2n) is 3.24. The smallest absolute Gasteiger partial charge is 0.0319 e. The van der Waals surface area contributed by atoms with Crippen molar-refractivity contribution in [3.05, 3.63) is 72.9 Å². The molecule has 0 spiro atoms. The Balaban J connectivity index is 0. The number of aliphatic hydroxyl groups is 1. The van der Waals surface area contributed by atoms with Crippen LogP contribution in [0.25, 0.3) is 0 Å². The molecular weight excluding hydrogens is 220 g/mol. The fourth-order valence-electron chi connectivity index (χ4n) is 1.46. The molecule has 1 nitrogen and oxygen atoms in total. The van der Waals surface area contributed by atoms with Gasteiger partial charge in [0.1, 0.15) is 0 Å². The van der Waals surface area contributed by atoms with Crippen molar-refractivity contribution in [1.29, 1.82) is 0 Å². The van der Waals surface area contributed by atoms with E-state index >= 15 is 0 Å². The van der Waals surface area contributed by atoms with Crippen molar-refractivity contribution in [1.82, 2.24) is 0 Å². The van der Waals surface area contributed by atoms with Crippen LogP contribution in [-0.4, -0.2) is 12.2 Å². The van der Waals surface area contributed by atoms with Gasteiger partial charge in [0.25, 0.3) is 0 Å². The average Bonchev–Trinajstić information content (AvgIpc) is 2.49. The zero-order valence-electron chi connectivity index (χ0n) is 12.1. The number of aliphatic hydroxyl groups excluding tert-OH is 1. The highest BCUT2D eigenvalue weighted by Crippen LogP contribution is 2.23. The predicted molar refractivity (Wildman–Crippen MR) is 82.8 cm³/mol. The first-order chi connectivity index (χ1) is 8.79. The largest absolute Gasteiger partial charge is 0.400 e. The Hall–Kier alpha value is -1.60. The summed E-state index contributed by atoms with van der Waals surface area (Å²) in [6, 6.07) is 10.4. The van der Waals surface area contributed by atoms with Crippen LogP contribution in [0.1, 0.15) is 32.3 Å². The third-order valence-corrected chi connectivity index (χ3v) is 2.35. The lowest BCUT2D eigenvalue weighted by molar-refractivity contribution is 0.399. The lowest BCUT2D eigenvalue weighted by atomic mass is 9.93. The van der Waals surface area contributed by atoms with Crippen molar-refractivity contribution in [2.75, 3.05) is 7.11 Å². The van der Waals surface area contributed by atoms with Gasteiger partial charge in [-0.2, -0.15) is 0 Å². The average molecular weight is 246 g/mol. The standard InChI is InChI=1S/C14H16.C2H6.CH4O/c1-4-9-13(5-2)12(3)14-10-7-6-8-11-14;2*1-2/h4-12H,1-2H2,3H3;1-2H3;2H,1H3/b13-9+;;. The van der Waals surface area contributed by atoms with Crippen LogP contribution in [0, 0.1) is 0 Å². The van der Waals surface area contributed by atoms with E-state index in [0.29, 0.717) is 5.92 Å². The molecule has 0 heterocycles. The Morgan fingerprint density at radius 1 is 1.11 bits per heavy atom. The first kappa shape index (κ1) is 18.8. The molecule has 1 atom stereocenters. The summed E-state index contributed by atoms with van der Waals surface area (Å²) in [5.74, 6) is 0.381.